The van der Waals surface area contributed by atoms with Crippen molar-refractivity contribution in [2.24, 2.45) is 0 Å². The lowest BCUT2D eigenvalue weighted by atomic mass is 10.0. The van der Waals surface area contributed by atoms with Crippen LogP contribution in [0.3, 0.4) is 0 Å². The van der Waals surface area contributed by atoms with Gasteiger partial charge in [-0.05, 0) is 41.8 Å². The Morgan fingerprint density at radius 1 is 1.12 bits per heavy atom. The number of nitrogens with one attached hydrogen (secondary N) is 1. The van der Waals surface area contributed by atoms with Gasteiger partial charge in [0.05, 0.1) is 7.11 Å². The molecule has 3 rings (SSSR count). The molecule has 0 spiro atoms. The highest BCUT2D eigenvalue weighted by molar-refractivity contribution is 6.31. The fourth-order valence-corrected chi connectivity index (χ4v) is 3.53. The second kappa shape index (κ2) is 12.3. The van der Waals surface area contributed by atoms with Crippen LogP contribution in [0.15, 0.2) is 85.0 Å². The summed E-state index contributed by atoms with van der Waals surface area (Å²) in [5.41, 5.74) is 3.25. The molecule has 0 aliphatic heterocycles. The Labute approximate surface area is 204 Å². The molecule has 5 nitrogen and oxygen atoms in total. The first-order valence-corrected chi connectivity index (χ1v) is 11.1. The molecule has 6 heteroatoms. The van der Waals surface area contributed by atoms with Crippen LogP contribution in [0.5, 0.6) is 11.5 Å². The predicted octanol–water partition coefficient (Wildman–Crippen LogP) is 5.88. The van der Waals surface area contributed by atoms with Crippen molar-refractivity contribution in [3.63, 3.8) is 0 Å². The Hall–Kier alpha value is -4.01. The van der Waals surface area contributed by atoms with Crippen molar-refractivity contribution in [1.29, 1.82) is 5.26 Å². The number of methoxy groups -OCH3 is 1. The minimum atomic E-state index is -0.449. The molecule has 0 saturated carbocycles. The summed E-state index contributed by atoms with van der Waals surface area (Å²) in [6.07, 6.45) is 3.80. The van der Waals surface area contributed by atoms with E-state index in [2.05, 4.69) is 11.9 Å². The molecule has 3 aromatic rings. The maximum absolute atomic E-state index is 12.6. The Morgan fingerprint density at radius 3 is 2.53 bits per heavy atom. The van der Waals surface area contributed by atoms with Gasteiger partial charge in [0.2, 0.25) is 0 Å². The van der Waals surface area contributed by atoms with Gasteiger partial charge in [-0.15, -0.1) is 6.58 Å². The monoisotopic (exact) mass is 472 g/mol. The second-order valence-electron chi connectivity index (χ2n) is 7.42. The molecule has 3 aromatic carbocycles. The minimum Gasteiger partial charge on any atom is -0.493 e. The van der Waals surface area contributed by atoms with Crippen LogP contribution in [0.1, 0.15) is 22.3 Å². The van der Waals surface area contributed by atoms with Crippen molar-refractivity contribution < 1.29 is 14.3 Å². The van der Waals surface area contributed by atoms with Crippen LogP contribution >= 0.6 is 11.6 Å². The van der Waals surface area contributed by atoms with Crippen molar-refractivity contribution in [1.82, 2.24) is 5.32 Å². The van der Waals surface area contributed by atoms with E-state index in [0.29, 0.717) is 35.1 Å². The first-order chi connectivity index (χ1) is 16.5. The highest BCUT2D eigenvalue weighted by Gasteiger charge is 2.15. The highest BCUT2D eigenvalue weighted by Crippen LogP contribution is 2.35. The number of carbonyl (C=O) groups is 1. The van der Waals surface area contributed by atoms with Crippen LogP contribution < -0.4 is 14.8 Å². The van der Waals surface area contributed by atoms with Crippen LogP contribution in [0.25, 0.3) is 6.08 Å². The summed E-state index contributed by atoms with van der Waals surface area (Å²) < 4.78 is 11.6. The average Bonchev–Trinajstić information content (AvgIpc) is 2.86. The minimum absolute atomic E-state index is 0.00715. The molecule has 0 unspecified atom stereocenters. The average molecular weight is 473 g/mol. The first kappa shape index (κ1) is 24.6. The lowest BCUT2D eigenvalue weighted by Gasteiger charge is -2.16. The zero-order valence-corrected chi connectivity index (χ0v) is 19.6. The highest BCUT2D eigenvalue weighted by atomic mass is 35.5. The summed E-state index contributed by atoms with van der Waals surface area (Å²) in [7, 11) is 1.54. The van der Waals surface area contributed by atoms with Gasteiger partial charge in [-0.2, -0.15) is 5.26 Å². The van der Waals surface area contributed by atoms with Gasteiger partial charge in [-0.1, -0.05) is 66.2 Å². The van der Waals surface area contributed by atoms with E-state index in [1.54, 1.807) is 19.3 Å². The number of halogens is 1. The summed E-state index contributed by atoms with van der Waals surface area (Å²) in [6, 6.07) is 22.5. The SMILES string of the molecule is C=CCc1cc(/C=C(\C#N)C(=O)NCc2ccccc2)cc(OC)c1OCc1ccccc1Cl. The number of allylic oxidation sites excluding steroid dienone is 1. The Kier molecular flexibility index (Phi) is 8.90. The lowest BCUT2D eigenvalue weighted by molar-refractivity contribution is -0.117. The molecule has 1 amide bonds. The smallest absolute Gasteiger partial charge is 0.262 e. The largest absolute Gasteiger partial charge is 0.493 e. The van der Waals surface area contributed by atoms with Crippen molar-refractivity contribution in [3.05, 3.63) is 112 Å². The normalized spacial score (nSPS) is 10.8. The Bertz CT molecular complexity index is 1230. The molecule has 0 saturated heterocycles. The standard InChI is InChI=1S/C28H25ClN2O3/c1-3-9-22-14-21(15-24(17-30)28(32)31-18-20-10-5-4-6-11-20)16-26(33-2)27(22)34-19-23-12-7-8-13-25(23)29/h3-8,10-16H,1,9,18-19H2,2H3,(H,31,32)/b24-15+. The lowest BCUT2D eigenvalue weighted by Crippen LogP contribution is -2.23. The number of nitriles is 1. The number of ether oxygens (including phenoxy) is 2. The van der Waals surface area contributed by atoms with E-state index in [1.165, 1.54) is 6.08 Å². The third-order valence-corrected chi connectivity index (χ3v) is 5.41. The van der Waals surface area contributed by atoms with Gasteiger partial charge in [0.1, 0.15) is 18.2 Å². The van der Waals surface area contributed by atoms with Crippen LogP contribution in [0.2, 0.25) is 5.02 Å². The summed E-state index contributed by atoms with van der Waals surface area (Å²) in [5.74, 6) is 0.598. The summed E-state index contributed by atoms with van der Waals surface area (Å²) in [5, 5.41) is 13.0. The maximum Gasteiger partial charge on any atom is 0.262 e. The zero-order chi connectivity index (χ0) is 24.3. The number of benzene rings is 3. The van der Waals surface area contributed by atoms with Gasteiger partial charge in [0, 0.05) is 22.7 Å². The third-order valence-electron chi connectivity index (χ3n) is 5.04. The van der Waals surface area contributed by atoms with Crippen molar-refractivity contribution in [3.8, 4) is 17.6 Å². The number of carbonyl (C=O) groups excluding carboxylic acids is 1. The molecule has 0 bridgehead atoms. The van der Waals surface area contributed by atoms with Crippen molar-refractivity contribution in [2.45, 2.75) is 19.6 Å². The van der Waals surface area contributed by atoms with Gasteiger partial charge < -0.3 is 14.8 Å². The van der Waals surface area contributed by atoms with Crippen molar-refractivity contribution >= 4 is 23.6 Å². The van der Waals surface area contributed by atoms with Gasteiger partial charge in [0.15, 0.2) is 11.5 Å². The summed E-state index contributed by atoms with van der Waals surface area (Å²) >= 11 is 6.25. The molecule has 0 fully saturated rings. The van der Waals surface area contributed by atoms with E-state index in [1.807, 2.05) is 66.7 Å². The molecule has 0 radical (unpaired) electrons. The topological polar surface area (TPSA) is 71.4 Å². The molecule has 1 N–H and O–H groups in total. The molecule has 0 atom stereocenters. The number of amides is 1. The van der Waals surface area contributed by atoms with Gasteiger partial charge in [-0.3, -0.25) is 4.79 Å². The van der Waals surface area contributed by atoms with E-state index in [-0.39, 0.29) is 12.2 Å². The zero-order valence-electron chi connectivity index (χ0n) is 18.9. The second-order valence-corrected chi connectivity index (χ2v) is 7.83. The quantitative estimate of drug-likeness (QED) is 0.227. The first-order valence-electron chi connectivity index (χ1n) is 10.7. The van der Waals surface area contributed by atoms with Crippen LogP contribution in [0.4, 0.5) is 0 Å². The number of nitrogens with zero attached hydrogens (tertiary/aromatic N) is 1. The van der Waals surface area contributed by atoms with E-state index in [9.17, 15) is 10.1 Å². The van der Waals surface area contributed by atoms with Crippen molar-refractivity contribution in [2.75, 3.05) is 7.11 Å². The van der Waals surface area contributed by atoms with E-state index in [4.69, 9.17) is 21.1 Å². The molecular weight excluding hydrogens is 448 g/mol. The summed E-state index contributed by atoms with van der Waals surface area (Å²) in [4.78, 5) is 12.6. The number of rotatable bonds is 10. The van der Waals surface area contributed by atoms with E-state index >= 15 is 0 Å². The summed E-state index contributed by atoms with van der Waals surface area (Å²) in [6.45, 7) is 4.42. The molecule has 172 valence electrons. The number of hydrogen-bond acceptors (Lipinski definition) is 4. The number of hydrogen-bond donors (Lipinski definition) is 1. The van der Waals surface area contributed by atoms with E-state index in [0.717, 1.165) is 16.7 Å². The van der Waals surface area contributed by atoms with Crippen LogP contribution in [0, 0.1) is 11.3 Å². The predicted molar refractivity (Wildman–Crippen MR) is 135 cm³/mol. The molecule has 0 aromatic heterocycles. The molecule has 0 aliphatic rings. The van der Waals surface area contributed by atoms with E-state index < -0.39 is 5.91 Å². The molecule has 0 aliphatic carbocycles. The van der Waals surface area contributed by atoms with Gasteiger partial charge in [-0.25, -0.2) is 0 Å². The maximum atomic E-state index is 12.6. The van der Waals surface area contributed by atoms with Gasteiger partial charge in [0.25, 0.3) is 5.91 Å². The van der Waals surface area contributed by atoms with Gasteiger partial charge >= 0.3 is 0 Å². The Balaban J connectivity index is 1.85. The third kappa shape index (κ3) is 6.50. The Morgan fingerprint density at radius 2 is 1.85 bits per heavy atom. The fourth-order valence-electron chi connectivity index (χ4n) is 3.34. The molecular formula is C28H25ClN2O3. The molecule has 34 heavy (non-hydrogen) atoms. The molecule has 0 heterocycles. The fraction of sp³-hybridized carbons (Fsp3) is 0.143. The van der Waals surface area contributed by atoms with Crippen LogP contribution in [-0.2, 0) is 24.4 Å². The van der Waals surface area contributed by atoms with Crippen LogP contribution in [-0.4, -0.2) is 13.0 Å².